The summed E-state index contributed by atoms with van der Waals surface area (Å²) in [5, 5.41) is 20.1. The fraction of sp³-hybridized carbons (Fsp3) is 0.818. The smallest absolute Gasteiger partial charge is 0.317 e. The summed E-state index contributed by atoms with van der Waals surface area (Å²) < 4.78 is 0. The fourth-order valence-corrected chi connectivity index (χ4v) is 1.87. The summed E-state index contributed by atoms with van der Waals surface area (Å²) in [4.78, 5) is 23.9. The molecule has 6 heteroatoms. The van der Waals surface area contributed by atoms with Gasteiger partial charge in [-0.15, -0.1) is 0 Å². The first-order chi connectivity index (χ1) is 8.04. The molecule has 1 rings (SSSR count). The lowest BCUT2D eigenvalue weighted by Crippen LogP contribution is -2.41. The quantitative estimate of drug-likeness (QED) is 0.641. The second kappa shape index (κ2) is 6.44. The van der Waals surface area contributed by atoms with Crippen molar-refractivity contribution in [3.63, 3.8) is 0 Å². The van der Waals surface area contributed by atoms with Crippen LogP contribution in [0.2, 0.25) is 0 Å². The van der Waals surface area contributed by atoms with Gasteiger partial charge in [-0.05, 0) is 18.8 Å². The number of carbonyl (C=O) groups excluding carboxylic acids is 1. The summed E-state index contributed by atoms with van der Waals surface area (Å²) in [6.45, 7) is 3.18. The summed E-state index contributed by atoms with van der Waals surface area (Å²) in [6, 6.07) is -0.210. The van der Waals surface area contributed by atoms with Crippen molar-refractivity contribution in [1.29, 1.82) is 0 Å². The van der Waals surface area contributed by atoms with Gasteiger partial charge in [0.15, 0.2) is 0 Å². The lowest BCUT2D eigenvalue weighted by atomic mass is 10.1. The van der Waals surface area contributed by atoms with Crippen molar-refractivity contribution < 1.29 is 19.8 Å². The van der Waals surface area contributed by atoms with Gasteiger partial charge in [0.05, 0.1) is 5.92 Å². The number of urea groups is 1. The highest BCUT2D eigenvalue weighted by molar-refractivity contribution is 5.76. The third-order valence-electron chi connectivity index (χ3n) is 3.09. The molecule has 0 aromatic rings. The van der Waals surface area contributed by atoms with Crippen LogP contribution >= 0.6 is 0 Å². The standard InChI is InChI=1S/C11H20N2O4/c1-8(10(15)16)6-12-11(17)13-4-2-9(7-13)3-5-14/h8-9,14H,2-7H2,1H3,(H,12,17)(H,15,16). The van der Waals surface area contributed by atoms with Gasteiger partial charge >= 0.3 is 12.0 Å². The number of nitrogens with zero attached hydrogens (tertiary/aromatic N) is 1. The van der Waals surface area contributed by atoms with E-state index in [1.54, 1.807) is 11.8 Å². The predicted molar refractivity (Wildman–Crippen MR) is 61.6 cm³/mol. The van der Waals surface area contributed by atoms with Crippen LogP contribution in [0.15, 0.2) is 0 Å². The minimum Gasteiger partial charge on any atom is -0.481 e. The zero-order valence-electron chi connectivity index (χ0n) is 10.1. The second-order valence-electron chi connectivity index (χ2n) is 4.54. The van der Waals surface area contributed by atoms with Crippen LogP contribution < -0.4 is 5.32 Å². The Bertz CT molecular complexity index is 283. The van der Waals surface area contributed by atoms with Crippen LogP contribution in [0.25, 0.3) is 0 Å². The van der Waals surface area contributed by atoms with Gasteiger partial charge in [-0.25, -0.2) is 4.79 Å². The van der Waals surface area contributed by atoms with E-state index in [1.165, 1.54) is 0 Å². The molecule has 1 aliphatic rings. The van der Waals surface area contributed by atoms with Crippen LogP contribution in [0.1, 0.15) is 19.8 Å². The molecule has 1 saturated heterocycles. The molecule has 0 saturated carbocycles. The number of hydrogen-bond acceptors (Lipinski definition) is 3. The summed E-state index contributed by atoms with van der Waals surface area (Å²) in [5.74, 6) is -1.12. The van der Waals surface area contributed by atoms with E-state index in [0.717, 1.165) is 12.8 Å². The van der Waals surface area contributed by atoms with E-state index in [4.69, 9.17) is 10.2 Å². The van der Waals surface area contributed by atoms with E-state index in [-0.39, 0.29) is 19.2 Å². The van der Waals surface area contributed by atoms with Crippen molar-refractivity contribution in [2.75, 3.05) is 26.2 Å². The maximum atomic E-state index is 11.7. The van der Waals surface area contributed by atoms with E-state index in [9.17, 15) is 9.59 Å². The molecule has 0 bridgehead atoms. The minimum absolute atomic E-state index is 0.148. The van der Waals surface area contributed by atoms with E-state index >= 15 is 0 Å². The molecular formula is C11H20N2O4. The summed E-state index contributed by atoms with van der Waals surface area (Å²) in [5.41, 5.74) is 0. The van der Waals surface area contributed by atoms with Crippen molar-refractivity contribution in [3.05, 3.63) is 0 Å². The number of carbonyl (C=O) groups is 2. The number of likely N-dealkylation sites (tertiary alicyclic amines) is 1. The molecule has 1 fully saturated rings. The van der Waals surface area contributed by atoms with E-state index < -0.39 is 11.9 Å². The van der Waals surface area contributed by atoms with Crippen LogP contribution in [0.4, 0.5) is 4.79 Å². The third-order valence-corrected chi connectivity index (χ3v) is 3.09. The molecule has 3 N–H and O–H groups in total. The van der Waals surface area contributed by atoms with Gasteiger partial charge in [0.25, 0.3) is 0 Å². The Balaban J connectivity index is 2.27. The van der Waals surface area contributed by atoms with Gasteiger partial charge in [-0.2, -0.15) is 0 Å². The molecule has 0 aliphatic carbocycles. The molecular weight excluding hydrogens is 224 g/mol. The van der Waals surface area contributed by atoms with E-state index in [2.05, 4.69) is 5.32 Å². The van der Waals surface area contributed by atoms with Gasteiger partial charge in [0.1, 0.15) is 0 Å². The zero-order valence-corrected chi connectivity index (χ0v) is 10.1. The molecule has 0 spiro atoms. The first kappa shape index (κ1) is 13.8. The van der Waals surface area contributed by atoms with Crippen LogP contribution in [-0.4, -0.2) is 53.4 Å². The van der Waals surface area contributed by atoms with Crippen LogP contribution in [-0.2, 0) is 4.79 Å². The third kappa shape index (κ3) is 4.22. The zero-order chi connectivity index (χ0) is 12.8. The first-order valence-corrected chi connectivity index (χ1v) is 5.91. The van der Waals surface area contributed by atoms with Crippen LogP contribution in [0.5, 0.6) is 0 Å². The van der Waals surface area contributed by atoms with E-state index in [0.29, 0.717) is 19.0 Å². The molecule has 2 atom stereocenters. The molecule has 17 heavy (non-hydrogen) atoms. The van der Waals surface area contributed by atoms with Crippen LogP contribution in [0.3, 0.4) is 0 Å². The maximum absolute atomic E-state index is 11.7. The topological polar surface area (TPSA) is 89.9 Å². The Morgan fingerprint density at radius 3 is 2.82 bits per heavy atom. The van der Waals surface area contributed by atoms with Gasteiger partial charge in [0, 0.05) is 26.2 Å². The van der Waals surface area contributed by atoms with Gasteiger partial charge in [-0.3, -0.25) is 4.79 Å². The van der Waals surface area contributed by atoms with Crippen molar-refractivity contribution in [3.8, 4) is 0 Å². The Hall–Kier alpha value is -1.30. The molecule has 1 heterocycles. The molecule has 0 aromatic carbocycles. The monoisotopic (exact) mass is 244 g/mol. The van der Waals surface area contributed by atoms with Crippen molar-refractivity contribution in [1.82, 2.24) is 10.2 Å². The maximum Gasteiger partial charge on any atom is 0.317 e. The highest BCUT2D eigenvalue weighted by Crippen LogP contribution is 2.18. The summed E-state index contributed by atoms with van der Waals surface area (Å²) >= 11 is 0. The van der Waals surface area contributed by atoms with Gasteiger partial charge < -0.3 is 20.4 Å². The normalized spacial score (nSPS) is 21.3. The second-order valence-corrected chi connectivity index (χ2v) is 4.54. The number of nitrogens with one attached hydrogen (secondary N) is 1. The number of hydrogen-bond donors (Lipinski definition) is 3. The van der Waals surface area contributed by atoms with Crippen molar-refractivity contribution in [2.45, 2.75) is 19.8 Å². The Morgan fingerprint density at radius 1 is 1.53 bits per heavy atom. The van der Waals surface area contributed by atoms with Gasteiger partial charge in [0.2, 0.25) is 0 Å². The average molecular weight is 244 g/mol. The summed E-state index contributed by atoms with van der Waals surface area (Å²) in [6.07, 6.45) is 1.62. The van der Waals surface area contributed by atoms with E-state index in [1.807, 2.05) is 0 Å². The predicted octanol–water partition coefficient (Wildman–Crippen LogP) is 0.121. The highest BCUT2D eigenvalue weighted by Gasteiger charge is 2.26. The van der Waals surface area contributed by atoms with Gasteiger partial charge in [-0.1, -0.05) is 6.92 Å². The first-order valence-electron chi connectivity index (χ1n) is 5.91. The van der Waals surface area contributed by atoms with Crippen molar-refractivity contribution >= 4 is 12.0 Å². The number of aliphatic carboxylic acids is 1. The molecule has 6 nitrogen and oxygen atoms in total. The van der Waals surface area contributed by atoms with Crippen LogP contribution in [0, 0.1) is 11.8 Å². The number of amides is 2. The largest absolute Gasteiger partial charge is 0.481 e. The number of carboxylic acid groups (broad SMARTS) is 1. The average Bonchev–Trinajstić information content (AvgIpc) is 2.74. The summed E-state index contributed by atoms with van der Waals surface area (Å²) in [7, 11) is 0. The number of aliphatic hydroxyl groups is 1. The SMILES string of the molecule is CC(CNC(=O)N1CCC(CCO)C1)C(=O)O. The molecule has 2 amide bonds. The number of rotatable bonds is 5. The Morgan fingerprint density at radius 2 is 2.24 bits per heavy atom. The highest BCUT2D eigenvalue weighted by atomic mass is 16.4. The number of aliphatic hydroxyl groups excluding tert-OH is 1. The lowest BCUT2D eigenvalue weighted by molar-refractivity contribution is -0.140. The molecule has 1 aliphatic heterocycles. The fourth-order valence-electron chi connectivity index (χ4n) is 1.87. The molecule has 98 valence electrons. The Kier molecular flexibility index (Phi) is 5.21. The Labute approximate surface area is 101 Å². The number of carboxylic acids is 1. The lowest BCUT2D eigenvalue weighted by Gasteiger charge is -2.18. The van der Waals surface area contributed by atoms with Crippen molar-refractivity contribution in [2.24, 2.45) is 11.8 Å². The molecule has 0 aromatic heterocycles. The molecule has 0 radical (unpaired) electrons. The minimum atomic E-state index is -0.912. The molecule has 2 unspecified atom stereocenters.